The first-order valence-corrected chi connectivity index (χ1v) is 10.7. The van der Waals surface area contributed by atoms with Gasteiger partial charge >= 0.3 is 0 Å². The molecule has 0 atom stereocenters. The lowest BCUT2D eigenvalue weighted by molar-refractivity contribution is 0.0953. The van der Waals surface area contributed by atoms with Crippen molar-refractivity contribution in [2.75, 3.05) is 13.1 Å². The van der Waals surface area contributed by atoms with E-state index in [0.29, 0.717) is 18.7 Å². The third kappa shape index (κ3) is 7.43. The molecule has 3 aromatic rings. The van der Waals surface area contributed by atoms with E-state index in [1.165, 1.54) is 11.1 Å². The Morgan fingerprint density at radius 3 is 2.45 bits per heavy atom. The van der Waals surface area contributed by atoms with Crippen LogP contribution in [0.3, 0.4) is 0 Å². The number of phenolic OH excluding ortho intramolecular Hbond substituents is 1. The van der Waals surface area contributed by atoms with Gasteiger partial charge in [-0.25, -0.2) is 0 Å². The number of phenols is 1. The highest BCUT2D eigenvalue weighted by atomic mass is 16.3. The average molecular weight is 415 g/mol. The summed E-state index contributed by atoms with van der Waals surface area (Å²) < 4.78 is 0. The molecule has 4 heteroatoms. The molecule has 0 radical (unpaired) electrons. The fourth-order valence-electron chi connectivity index (χ4n) is 3.28. The van der Waals surface area contributed by atoms with Crippen LogP contribution in [0.1, 0.15) is 39.0 Å². The zero-order valence-corrected chi connectivity index (χ0v) is 18.0. The number of aromatic hydroxyl groups is 1. The second-order valence-corrected chi connectivity index (χ2v) is 7.61. The molecule has 160 valence electrons. The van der Waals surface area contributed by atoms with Gasteiger partial charge in [0.15, 0.2) is 0 Å². The second-order valence-electron chi connectivity index (χ2n) is 7.61. The third-order valence-electron chi connectivity index (χ3n) is 5.09. The molecule has 3 N–H and O–H groups in total. The first-order valence-electron chi connectivity index (χ1n) is 10.7. The molecule has 1 amide bonds. The SMILES string of the molecule is Cc1ccc(C=CCCNC(=O)c2ccccc2CNCCc2ccc(O)cc2)cc1. The molecule has 4 nitrogen and oxygen atoms in total. The summed E-state index contributed by atoms with van der Waals surface area (Å²) in [6, 6.07) is 23.3. The Morgan fingerprint density at radius 1 is 0.935 bits per heavy atom. The van der Waals surface area contributed by atoms with Gasteiger partial charge in [-0.1, -0.05) is 72.3 Å². The molecule has 31 heavy (non-hydrogen) atoms. The molecule has 3 rings (SSSR count). The van der Waals surface area contributed by atoms with Crippen LogP contribution in [0.15, 0.2) is 78.9 Å². The molecule has 0 unspecified atom stereocenters. The van der Waals surface area contributed by atoms with E-state index >= 15 is 0 Å². The molecule has 0 heterocycles. The number of nitrogens with one attached hydrogen (secondary N) is 2. The van der Waals surface area contributed by atoms with Gasteiger partial charge in [-0.15, -0.1) is 0 Å². The molecule has 0 aromatic heterocycles. The van der Waals surface area contributed by atoms with Crippen molar-refractivity contribution in [3.05, 3.63) is 107 Å². The first kappa shape index (κ1) is 22.3. The minimum absolute atomic E-state index is 0.0420. The van der Waals surface area contributed by atoms with E-state index in [9.17, 15) is 9.90 Å². The van der Waals surface area contributed by atoms with Gasteiger partial charge in [0.25, 0.3) is 5.91 Å². The van der Waals surface area contributed by atoms with Crippen LogP contribution in [-0.2, 0) is 13.0 Å². The normalized spacial score (nSPS) is 11.0. The van der Waals surface area contributed by atoms with E-state index < -0.39 is 0 Å². The fraction of sp³-hybridized carbons (Fsp3) is 0.222. The van der Waals surface area contributed by atoms with Gasteiger partial charge < -0.3 is 15.7 Å². The Hall–Kier alpha value is -3.37. The highest BCUT2D eigenvalue weighted by molar-refractivity contribution is 5.95. The van der Waals surface area contributed by atoms with Crippen molar-refractivity contribution in [3.8, 4) is 5.75 Å². The number of benzene rings is 3. The van der Waals surface area contributed by atoms with Crippen molar-refractivity contribution in [1.29, 1.82) is 0 Å². The van der Waals surface area contributed by atoms with Crippen molar-refractivity contribution < 1.29 is 9.90 Å². The summed E-state index contributed by atoms with van der Waals surface area (Å²) in [6.45, 7) is 4.11. The van der Waals surface area contributed by atoms with Gasteiger partial charge in [0.2, 0.25) is 0 Å². The predicted octanol–water partition coefficient (Wildman–Crippen LogP) is 4.87. The van der Waals surface area contributed by atoms with Crippen molar-refractivity contribution in [2.24, 2.45) is 0 Å². The molecule has 0 spiro atoms. The van der Waals surface area contributed by atoms with Gasteiger partial charge in [0, 0.05) is 18.7 Å². The van der Waals surface area contributed by atoms with E-state index in [0.717, 1.165) is 30.5 Å². The molecule has 0 aliphatic carbocycles. The maximum absolute atomic E-state index is 12.6. The van der Waals surface area contributed by atoms with E-state index in [4.69, 9.17) is 0 Å². The average Bonchev–Trinajstić information content (AvgIpc) is 2.79. The quantitative estimate of drug-likeness (QED) is 0.415. The number of carbonyl (C=O) groups excluding carboxylic acids is 1. The molecular formula is C27H30N2O2. The highest BCUT2D eigenvalue weighted by Gasteiger charge is 2.09. The van der Waals surface area contributed by atoms with Crippen molar-refractivity contribution >= 4 is 12.0 Å². The Labute approximate surface area is 184 Å². The molecule has 0 aliphatic rings. The summed E-state index contributed by atoms with van der Waals surface area (Å²) in [5.74, 6) is 0.238. The van der Waals surface area contributed by atoms with E-state index in [1.54, 1.807) is 12.1 Å². The van der Waals surface area contributed by atoms with Crippen LogP contribution in [0.2, 0.25) is 0 Å². The summed E-state index contributed by atoms with van der Waals surface area (Å²) >= 11 is 0. The molecule has 3 aromatic carbocycles. The number of carbonyl (C=O) groups is 1. The smallest absolute Gasteiger partial charge is 0.251 e. The molecule has 0 saturated carbocycles. The lowest BCUT2D eigenvalue weighted by atomic mass is 10.1. The minimum Gasteiger partial charge on any atom is -0.508 e. The topological polar surface area (TPSA) is 61.4 Å². The molecule has 0 bridgehead atoms. The largest absolute Gasteiger partial charge is 0.508 e. The zero-order chi connectivity index (χ0) is 21.9. The van der Waals surface area contributed by atoms with Crippen molar-refractivity contribution in [2.45, 2.75) is 26.3 Å². The Morgan fingerprint density at radius 2 is 1.68 bits per heavy atom. The van der Waals surface area contributed by atoms with Crippen LogP contribution in [0.25, 0.3) is 6.08 Å². The number of hydrogen-bond donors (Lipinski definition) is 3. The monoisotopic (exact) mass is 414 g/mol. The van der Waals surface area contributed by atoms with Crippen LogP contribution in [-0.4, -0.2) is 24.1 Å². The van der Waals surface area contributed by atoms with Gasteiger partial charge in [-0.05, 0) is 61.2 Å². The zero-order valence-electron chi connectivity index (χ0n) is 18.0. The third-order valence-corrected chi connectivity index (χ3v) is 5.09. The Balaban J connectivity index is 1.43. The summed E-state index contributed by atoms with van der Waals surface area (Å²) in [4.78, 5) is 12.6. The van der Waals surface area contributed by atoms with Crippen molar-refractivity contribution in [3.63, 3.8) is 0 Å². The van der Waals surface area contributed by atoms with Gasteiger partial charge in [0.1, 0.15) is 5.75 Å². The number of hydrogen-bond acceptors (Lipinski definition) is 3. The Kier molecular flexibility index (Phi) is 8.44. The number of rotatable bonds is 10. The van der Waals surface area contributed by atoms with Gasteiger partial charge in [-0.3, -0.25) is 4.79 Å². The maximum Gasteiger partial charge on any atom is 0.251 e. The lowest BCUT2D eigenvalue weighted by Gasteiger charge is -2.11. The van der Waals surface area contributed by atoms with E-state index in [1.807, 2.05) is 36.4 Å². The number of amides is 1. The summed E-state index contributed by atoms with van der Waals surface area (Å²) in [5, 5.41) is 15.8. The fourth-order valence-corrected chi connectivity index (χ4v) is 3.28. The molecule has 0 aliphatic heterocycles. The summed E-state index contributed by atoms with van der Waals surface area (Å²) in [5.41, 5.74) is 5.27. The van der Waals surface area contributed by atoms with Crippen LogP contribution in [0.4, 0.5) is 0 Å². The second kappa shape index (κ2) is 11.7. The summed E-state index contributed by atoms with van der Waals surface area (Å²) in [7, 11) is 0. The summed E-state index contributed by atoms with van der Waals surface area (Å²) in [6.07, 6.45) is 5.81. The predicted molar refractivity (Wildman–Crippen MR) is 127 cm³/mol. The lowest BCUT2D eigenvalue weighted by Crippen LogP contribution is -2.26. The first-order chi connectivity index (χ1) is 15.1. The highest BCUT2D eigenvalue weighted by Crippen LogP contribution is 2.11. The van der Waals surface area contributed by atoms with E-state index in [-0.39, 0.29) is 11.7 Å². The molecular weight excluding hydrogens is 384 g/mol. The molecule has 0 fully saturated rings. The van der Waals surface area contributed by atoms with Gasteiger partial charge in [0.05, 0.1) is 0 Å². The maximum atomic E-state index is 12.6. The van der Waals surface area contributed by atoms with Crippen LogP contribution in [0, 0.1) is 6.92 Å². The standard InChI is InChI=1S/C27H30N2O2/c1-21-9-11-22(12-10-21)6-4-5-18-29-27(31)26-8-3-2-7-24(26)20-28-19-17-23-13-15-25(30)16-14-23/h2-4,6-16,28,30H,5,17-20H2,1H3,(H,29,31). The van der Waals surface area contributed by atoms with Crippen LogP contribution >= 0.6 is 0 Å². The number of aryl methyl sites for hydroxylation is 1. The van der Waals surface area contributed by atoms with Crippen LogP contribution < -0.4 is 10.6 Å². The Bertz CT molecular complexity index is 993. The van der Waals surface area contributed by atoms with Gasteiger partial charge in [-0.2, -0.15) is 0 Å². The van der Waals surface area contributed by atoms with Crippen molar-refractivity contribution in [1.82, 2.24) is 10.6 Å². The molecule has 0 saturated heterocycles. The van der Waals surface area contributed by atoms with Crippen LogP contribution in [0.5, 0.6) is 5.75 Å². The minimum atomic E-state index is -0.0420. The van der Waals surface area contributed by atoms with E-state index in [2.05, 4.69) is 54.0 Å².